The van der Waals surface area contributed by atoms with E-state index in [2.05, 4.69) is 4.98 Å². The molecule has 2 aliphatic rings. The first-order valence-corrected chi connectivity index (χ1v) is 8.10. The maximum absolute atomic E-state index is 13.2. The molecule has 1 N–H and O–H groups in total. The number of alkyl halides is 3. The maximum atomic E-state index is 13.2. The van der Waals surface area contributed by atoms with E-state index in [1.54, 1.807) is 9.80 Å². The molecule has 3 rings (SSSR count). The Labute approximate surface area is 138 Å². The van der Waals surface area contributed by atoms with E-state index < -0.39 is 17.8 Å². The molecule has 1 aromatic heterocycles. The summed E-state index contributed by atoms with van der Waals surface area (Å²) in [6.45, 7) is 1.50. The van der Waals surface area contributed by atoms with Gasteiger partial charge in [0, 0.05) is 32.4 Å². The minimum Gasteiger partial charge on any atom is -0.391 e. The van der Waals surface area contributed by atoms with E-state index >= 15 is 0 Å². The molecule has 2 fully saturated rings. The quantitative estimate of drug-likeness (QED) is 0.891. The van der Waals surface area contributed by atoms with Crippen LogP contribution in [0.1, 0.15) is 24.8 Å². The van der Waals surface area contributed by atoms with Crippen molar-refractivity contribution >= 4 is 11.7 Å². The molecule has 0 spiro atoms. The highest BCUT2D eigenvalue weighted by atomic mass is 19.4. The number of aliphatic hydroxyl groups excluding tert-OH is 1. The van der Waals surface area contributed by atoms with Gasteiger partial charge >= 0.3 is 6.18 Å². The van der Waals surface area contributed by atoms with Crippen molar-refractivity contribution in [3.8, 4) is 0 Å². The number of aliphatic hydroxyl groups is 1. The summed E-state index contributed by atoms with van der Waals surface area (Å²) < 4.78 is 39.5. The molecule has 0 aliphatic carbocycles. The Balaban J connectivity index is 1.76. The van der Waals surface area contributed by atoms with Crippen molar-refractivity contribution in [3.05, 3.63) is 23.9 Å². The molecule has 1 aromatic rings. The van der Waals surface area contributed by atoms with Gasteiger partial charge in [0.1, 0.15) is 5.82 Å². The third-order valence-electron chi connectivity index (χ3n) is 4.64. The van der Waals surface area contributed by atoms with Crippen LogP contribution in [0.15, 0.2) is 18.3 Å². The van der Waals surface area contributed by atoms with Crippen molar-refractivity contribution in [1.29, 1.82) is 0 Å². The molecule has 8 heteroatoms. The Morgan fingerprint density at radius 2 is 2.04 bits per heavy atom. The fraction of sp³-hybridized carbons (Fsp3) is 0.625. The van der Waals surface area contributed by atoms with Crippen LogP contribution < -0.4 is 4.90 Å². The van der Waals surface area contributed by atoms with Crippen LogP contribution in [-0.4, -0.2) is 53.2 Å². The molecular weight excluding hydrogens is 323 g/mol. The van der Waals surface area contributed by atoms with Gasteiger partial charge in [-0.1, -0.05) is 0 Å². The molecular formula is C16H20F3N3O2. The first kappa shape index (κ1) is 17.0. The monoisotopic (exact) mass is 343 g/mol. The minimum absolute atomic E-state index is 0.0826. The van der Waals surface area contributed by atoms with Crippen molar-refractivity contribution in [1.82, 2.24) is 9.88 Å². The molecule has 0 saturated carbocycles. The zero-order valence-corrected chi connectivity index (χ0v) is 13.2. The average molecular weight is 343 g/mol. The number of hydrogen-bond acceptors (Lipinski definition) is 4. The highest BCUT2D eigenvalue weighted by Crippen LogP contribution is 2.36. The topological polar surface area (TPSA) is 56.7 Å². The van der Waals surface area contributed by atoms with Gasteiger partial charge in [-0.2, -0.15) is 13.2 Å². The molecule has 24 heavy (non-hydrogen) atoms. The van der Waals surface area contributed by atoms with Crippen molar-refractivity contribution in [2.45, 2.75) is 31.5 Å². The summed E-state index contributed by atoms with van der Waals surface area (Å²) >= 11 is 0. The summed E-state index contributed by atoms with van der Waals surface area (Å²) in [5.74, 6) is -0.545. The maximum Gasteiger partial charge on any atom is 0.419 e. The van der Waals surface area contributed by atoms with Crippen LogP contribution in [0.2, 0.25) is 0 Å². The lowest BCUT2D eigenvalue weighted by Crippen LogP contribution is -2.45. The lowest BCUT2D eigenvalue weighted by molar-refractivity contribution is -0.137. The van der Waals surface area contributed by atoms with Gasteiger partial charge in [-0.05, 0) is 31.4 Å². The van der Waals surface area contributed by atoms with Crippen molar-refractivity contribution < 1.29 is 23.1 Å². The van der Waals surface area contributed by atoms with Crippen LogP contribution >= 0.6 is 0 Å². The molecule has 2 atom stereocenters. The number of amides is 1. The van der Waals surface area contributed by atoms with Crippen LogP contribution in [0, 0.1) is 5.92 Å². The lowest BCUT2D eigenvalue weighted by Gasteiger charge is -2.35. The van der Waals surface area contributed by atoms with Gasteiger partial charge in [0.05, 0.1) is 17.6 Å². The predicted molar refractivity (Wildman–Crippen MR) is 81.4 cm³/mol. The number of carbonyl (C=O) groups is 1. The standard InChI is InChI=1S/C16H20F3N3O2/c17-16(18,19)13-4-1-6-20-14(13)21-7-2-3-11(9-21)15(24)22-8-5-12(23)10-22/h1,4,6,11-12,23H,2-3,5,7-10H2/t11?,12-/m1/s1. The summed E-state index contributed by atoms with van der Waals surface area (Å²) in [6.07, 6.45) is -1.79. The van der Waals surface area contributed by atoms with E-state index in [1.165, 1.54) is 12.3 Å². The molecule has 2 saturated heterocycles. The van der Waals surface area contributed by atoms with Gasteiger partial charge in [-0.15, -0.1) is 0 Å². The molecule has 0 aromatic carbocycles. The highest BCUT2D eigenvalue weighted by Gasteiger charge is 2.38. The van der Waals surface area contributed by atoms with Gasteiger partial charge < -0.3 is 14.9 Å². The van der Waals surface area contributed by atoms with Gasteiger partial charge in [0.15, 0.2) is 0 Å². The third kappa shape index (κ3) is 3.48. The molecule has 3 heterocycles. The van der Waals surface area contributed by atoms with E-state index in [0.29, 0.717) is 38.9 Å². The summed E-state index contributed by atoms with van der Waals surface area (Å²) in [5, 5.41) is 9.56. The Morgan fingerprint density at radius 3 is 2.71 bits per heavy atom. The summed E-state index contributed by atoms with van der Waals surface area (Å²) in [4.78, 5) is 19.6. The van der Waals surface area contributed by atoms with Crippen LogP contribution in [0.3, 0.4) is 0 Å². The fourth-order valence-corrected chi connectivity index (χ4v) is 3.44. The van der Waals surface area contributed by atoms with E-state index in [0.717, 1.165) is 6.07 Å². The number of anilines is 1. The van der Waals surface area contributed by atoms with E-state index in [-0.39, 0.29) is 24.2 Å². The number of piperidine rings is 1. The van der Waals surface area contributed by atoms with Gasteiger partial charge in [-0.3, -0.25) is 4.79 Å². The zero-order valence-electron chi connectivity index (χ0n) is 13.2. The highest BCUT2D eigenvalue weighted by molar-refractivity contribution is 5.80. The largest absolute Gasteiger partial charge is 0.419 e. The van der Waals surface area contributed by atoms with Gasteiger partial charge in [0.25, 0.3) is 0 Å². The Hall–Kier alpha value is -1.83. The number of carbonyl (C=O) groups excluding carboxylic acids is 1. The van der Waals surface area contributed by atoms with Gasteiger partial charge in [0.2, 0.25) is 5.91 Å². The molecule has 5 nitrogen and oxygen atoms in total. The first-order chi connectivity index (χ1) is 11.4. The fourth-order valence-electron chi connectivity index (χ4n) is 3.44. The predicted octanol–water partition coefficient (Wildman–Crippen LogP) is 1.91. The van der Waals surface area contributed by atoms with Crippen LogP contribution in [0.25, 0.3) is 0 Å². The number of aromatic nitrogens is 1. The molecule has 132 valence electrons. The van der Waals surface area contributed by atoms with Crippen LogP contribution in [-0.2, 0) is 11.0 Å². The number of β-amino-alcohol motifs (C(OH)–C–C–N with tert-alkyl or cyclic N) is 1. The number of likely N-dealkylation sites (tertiary alicyclic amines) is 1. The molecule has 2 aliphatic heterocycles. The van der Waals surface area contributed by atoms with Crippen molar-refractivity contribution in [2.75, 3.05) is 31.1 Å². The number of pyridine rings is 1. The number of rotatable bonds is 2. The third-order valence-corrected chi connectivity index (χ3v) is 4.64. The Bertz CT molecular complexity index is 608. The smallest absolute Gasteiger partial charge is 0.391 e. The number of hydrogen-bond donors (Lipinski definition) is 1. The number of nitrogens with zero attached hydrogens (tertiary/aromatic N) is 3. The van der Waals surface area contributed by atoms with Crippen molar-refractivity contribution in [3.63, 3.8) is 0 Å². The first-order valence-electron chi connectivity index (χ1n) is 8.10. The minimum atomic E-state index is -4.47. The second-order valence-electron chi connectivity index (χ2n) is 6.38. The van der Waals surface area contributed by atoms with E-state index in [4.69, 9.17) is 0 Å². The van der Waals surface area contributed by atoms with Gasteiger partial charge in [-0.25, -0.2) is 4.98 Å². The average Bonchev–Trinajstić information content (AvgIpc) is 3.00. The van der Waals surface area contributed by atoms with Crippen LogP contribution in [0.4, 0.5) is 19.0 Å². The Kier molecular flexibility index (Phi) is 4.67. The Morgan fingerprint density at radius 1 is 1.25 bits per heavy atom. The second-order valence-corrected chi connectivity index (χ2v) is 6.38. The zero-order chi connectivity index (χ0) is 17.3. The summed E-state index contributed by atoms with van der Waals surface area (Å²) in [6, 6.07) is 2.29. The second kappa shape index (κ2) is 6.58. The molecule has 1 unspecified atom stereocenters. The normalized spacial score (nSPS) is 25.2. The van der Waals surface area contributed by atoms with Crippen LogP contribution in [0.5, 0.6) is 0 Å². The molecule has 0 radical (unpaired) electrons. The molecule has 1 amide bonds. The summed E-state index contributed by atoms with van der Waals surface area (Å²) in [7, 11) is 0. The van der Waals surface area contributed by atoms with E-state index in [1.807, 2.05) is 0 Å². The van der Waals surface area contributed by atoms with E-state index in [9.17, 15) is 23.1 Å². The summed E-state index contributed by atoms with van der Waals surface area (Å²) in [5.41, 5.74) is -0.769. The van der Waals surface area contributed by atoms with Crippen molar-refractivity contribution in [2.24, 2.45) is 5.92 Å². The number of halogens is 3. The molecule has 0 bridgehead atoms. The SMILES string of the molecule is O=C(C1CCCN(c2ncccc2C(F)(F)F)C1)N1CC[C@@H](O)C1. The lowest BCUT2D eigenvalue weighted by atomic mass is 9.96.